The fourth-order valence-corrected chi connectivity index (χ4v) is 2.45. The van der Waals surface area contributed by atoms with Gasteiger partial charge in [0.2, 0.25) is 0 Å². The van der Waals surface area contributed by atoms with Gasteiger partial charge in [0.25, 0.3) is 5.91 Å². The lowest BCUT2D eigenvalue weighted by molar-refractivity contribution is -0.143. The van der Waals surface area contributed by atoms with Crippen LogP contribution in [0.2, 0.25) is 5.02 Å². The minimum absolute atomic E-state index is 0.189. The molecule has 0 bridgehead atoms. The molecule has 1 aromatic heterocycles. The molecule has 1 aromatic rings. The number of carboxylic acids is 1. The fourth-order valence-electron chi connectivity index (χ4n) is 2.24. The Morgan fingerprint density at radius 3 is 2.68 bits per heavy atom. The number of nitrogens with zero attached hydrogens (tertiary/aromatic N) is 1. The minimum atomic E-state index is -0.830. The molecule has 1 heterocycles. The molecule has 0 aromatic carbocycles. The number of carbonyl (C=O) groups is 2. The second-order valence-corrected chi connectivity index (χ2v) is 5.89. The van der Waals surface area contributed by atoms with E-state index >= 15 is 0 Å². The first-order chi connectivity index (χ1) is 9.02. The molecule has 2 aliphatic rings. The van der Waals surface area contributed by atoms with Crippen LogP contribution in [0.5, 0.6) is 0 Å². The van der Waals surface area contributed by atoms with Crippen LogP contribution in [-0.2, 0) is 4.79 Å². The predicted octanol–water partition coefficient (Wildman–Crippen LogP) is 2.07. The first-order valence-electron chi connectivity index (χ1n) is 6.41. The highest BCUT2D eigenvalue weighted by Crippen LogP contribution is 2.45. The summed E-state index contributed by atoms with van der Waals surface area (Å²) in [6.45, 7) is 0.189. The monoisotopic (exact) mass is 282 g/mol. The number of aliphatic carboxylic acids is 1. The summed E-state index contributed by atoms with van der Waals surface area (Å²) in [6, 6.07) is 2.00. The van der Waals surface area contributed by atoms with Crippen LogP contribution in [-0.4, -0.2) is 28.1 Å². The molecule has 1 amide bonds. The van der Waals surface area contributed by atoms with Crippen LogP contribution in [0, 0.1) is 5.41 Å². The quantitative estimate of drug-likeness (QED) is 0.868. The Labute approximate surface area is 115 Å². The molecule has 0 aliphatic heterocycles. The predicted molar refractivity (Wildman–Crippen MR) is 69.3 cm³/mol. The molecule has 3 rings (SSSR count). The number of rotatable bonds is 5. The second kappa shape index (κ2) is 4.27. The molecule has 6 heteroatoms. The van der Waals surface area contributed by atoms with Crippen molar-refractivity contribution in [3.05, 3.63) is 23.0 Å². The largest absolute Gasteiger partial charge is 0.481 e. The van der Waals surface area contributed by atoms with Crippen molar-refractivity contribution in [3.8, 4) is 0 Å². The summed E-state index contributed by atoms with van der Waals surface area (Å²) < 4.78 is 1.89. The van der Waals surface area contributed by atoms with Gasteiger partial charge >= 0.3 is 5.97 Å². The number of aromatic nitrogens is 1. The summed E-state index contributed by atoms with van der Waals surface area (Å²) in [5.41, 5.74) is -0.218. The van der Waals surface area contributed by atoms with E-state index < -0.39 is 11.4 Å². The lowest BCUT2D eigenvalue weighted by Crippen LogP contribution is -2.35. The van der Waals surface area contributed by atoms with E-state index in [9.17, 15) is 9.59 Å². The van der Waals surface area contributed by atoms with Gasteiger partial charge in [-0.1, -0.05) is 11.6 Å². The number of hydrogen-bond acceptors (Lipinski definition) is 2. The molecule has 2 aliphatic carbocycles. The lowest BCUT2D eigenvalue weighted by Gasteiger charge is -2.12. The van der Waals surface area contributed by atoms with Gasteiger partial charge < -0.3 is 15.0 Å². The highest BCUT2D eigenvalue weighted by Gasteiger charge is 2.50. The lowest BCUT2D eigenvalue weighted by atomic mass is 10.1. The molecule has 2 fully saturated rings. The average molecular weight is 283 g/mol. The number of nitrogens with one attached hydrogen (secondary N) is 1. The van der Waals surface area contributed by atoms with Crippen molar-refractivity contribution in [2.24, 2.45) is 5.41 Å². The van der Waals surface area contributed by atoms with Crippen molar-refractivity contribution in [3.63, 3.8) is 0 Å². The topological polar surface area (TPSA) is 71.3 Å². The Bertz CT molecular complexity index is 544. The summed E-state index contributed by atoms with van der Waals surface area (Å²) in [5.74, 6) is -1.07. The van der Waals surface area contributed by atoms with Crippen LogP contribution in [0.25, 0.3) is 0 Å². The van der Waals surface area contributed by atoms with Gasteiger partial charge in [-0.05, 0) is 31.7 Å². The van der Waals surface area contributed by atoms with Crippen molar-refractivity contribution in [1.82, 2.24) is 9.88 Å². The van der Waals surface area contributed by atoms with E-state index in [4.69, 9.17) is 16.7 Å². The van der Waals surface area contributed by atoms with Gasteiger partial charge in [-0.25, -0.2) is 0 Å². The molecular weight excluding hydrogens is 268 g/mol. The van der Waals surface area contributed by atoms with Gasteiger partial charge in [0.05, 0.1) is 10.4 Å². The van der Waals surface area contributed by atoms with Crippen molar-refractivity contribution in [2.75, 3.05) is 6.54 Å². The molecule has 19 heavy (non-hydrogen) atoms. The zero-order valence-corrected chi connectivity index (χ0v) is 11.1. The average Bonchev–Trinajstić information content (AvgIpc) is 3.25. The summed E-state index contributed by atoms with van der Waals surface area (Å²) >= 11 is 5.94. The van der Waals surface area contributed by atoms with Crippen LogP contribution in [0.4, 0.5) is 0 Å². The third kappa shape index (κ3) is 2.34. The van der Waals surface area contributed by atoms with Crippen LogP contribution in [0.15, 0.2) is 12.3 Å². The van der Waals surface area contributed by atoms with Gasteiger partial charge in [-0.15, -0.1) is 0 Å². The molecule has 2 saturated carbocycles. The van der Waals surface area contributed by atoms with Crippen LogP contribution in [0.3, 0.4) is 0 Å². The normalized spacial score (nSPS) is 20.1. The summed E-state index contributed by atoms with van der Waals surface area (Å²) in [5, 5.41) is 12.3. The van der Waals surface area contributed by atoms with E-state index in [2.05, 4.69) is 5.32 Å². The van der Waals surface area contributed by atoms with Gasteiger partial charge in [-0.3, -0.25) is 9.59 Å². The van der Waals surface area contributed by atoms with Gasteiger partial charge in [0.15, 0.2) is 0 Å². The molecule has 0 unspecified atom stereocenters. The number of carboxylic acid groups (broad SMARTS) is 1. The Kier molecular flexibility index (Phi) is 2.82. The van der Waals surface area contributed by atoms with E-state index in [1.54, 1.807) is 12.3 Å². The first-order valence-corrected chi connectivity index (χ1v) is 6.79. The molecule has 0 radical (unpaired) electrons. The first kappa shape index (κ1) is 12.5. The van der Waals surface area contributed by atoms with Crippen LogP contribution < -0.4 is 5.32 Å². The van der Waals surface area contributed by atoms with Crippen molar-refractivity contribution in [2.45, 2.75) is 31.7 Å². The minimum Gasteiger partial charge on any atom is -0.481 e. The number of hydrogen-bond donors (Lipinski definition) is 2. The Morgan fingerprint density at radius 2 is 2.16 bits per heavy atom. The second-order valence-electron chi connectivity index (χ2n) is 5.45. The van der Waals surface area contributed by atoms with Crippen LogP contribution in [0.1, 0.15) is 42.2 Å². The number of amides is 1. The maximum absolute atomic E-state index is 12.1. The van der Waals surface area contributed by atoms with Gasteiger partial charge in [0.1, 0.15) is 5.69 Å². The van der Waals surface area contributed by atoms with Gasteiger partial charge in [-0.2, -0.15) is 0 Å². The molecule has 0 spiro atoms. The fraction of sp³-hybridized carbons (Fsp3) is 0.538. The zero-order chi connectivity index (χ0) is 13.6. The summed E-state index contributed by atoms with van der Waals surface area (Å²) in [4.78, 5) is 23.2. The highest BCUT2D eigenvalue weighted by atomic mass is 35.5. The molecule has 2 N–H and O–H groups in total. The highest BCUT2D eigenvalue weighted by molar-refractivity contribution is 6.31. The summed E-state index contributed by atoms with van der Waals surface area (Å²) in [6.07, 6.45) is 5.15. The third-order valence-electron chi connectivity index (χ3n) is 3.88. The standard InChI is InChI=1S/C13H15ClN2O3/c14-8-5-10(16(6-8)9-1-2-9)11(17)15-7-13(3-4-13)12(18)19/h5-6,9H,1-4,7H2,(H,15,17)(H,18,19). The van der Waals surface area contributed by atoms with Crippen molar-refractivity contribution < 1.29 is 14.7 Å². The van der Waals surface area contributed by atoms with Crippen LogP contribution >= 0.6 is 11.6 Å². The zero-order valence-electron chi connectivity index (χ0n) is 10.4. The van der Waals surface area contributed by atoms with E-state index in [1.165, 1.54) is 0 Å². The summed E-state index contributed by atoms with van der Waals surface area (Å²) in [7, 11) is 0. The Balaban J connectivity index is 1.69. The SMILES string of the molecule is O=C(NCC1(C(=O)O)CC1)c1cc(Cl)cn1C1CC1. The van der Waals surface area contributed by atoms with Crippen molar-refractivity contribution >= 4 is 23.5 Å². The van der Waals surface area contributed by atoms with E-state index in [0.717, 1.165) is 12.8 Å². The van der Waals surface area contributed by atoms with Crippen molar-refractivity contribution in [1.29, 1.82) is 0 Å². The molecule has 102 valence electrons. The molecule has 0 atom stereocenters. The third-order valence-corrected chi connectivity index (χ3v) is 4.09. The molecule has 5 nitrogen and oxygen atoms in total. The Hall–Kier alpha value is -1.49. The smallest absolute Gasteiger partial charge is 0.311 e. The maximum Gasteiger partial charge on any atom is 0.311 e. The Morgan fingerprint density at radius 1 is 1.47 bits per heavy atom. The van der Waals surface area contributed by atoms with E-state index in [1.807, 2.05) is 4.57 Å². The number of halogens is 1. The van der Waals surface area contributed by atoms with E-state index in [-0.39, 0.29) is 12.5 Å². The number of carbonyl (C=O) groups excluding carboxylic acids is 1. The van der Waals surface area contributed by atoms with E-state index in [0.29, 0.717) is 29.6 Å². The maximum atomic E-state index is 12.1. The van der Waals surface area contributed by atoms with Gasteiger partial charge in [0, 0.05) is 18.8 Å². The molecular formula is C13H15ClN2O3. The molecule has 0 saturated heterocycles.